The van der Waals surface area contributed by atoms with Crippen LogP contribution < -0.4 is 0 Å². The summed E-state index contributed by atoms with van der Waals surface area (Å²) >= 11 is 0. The number of methoxy groups -OCH3 is 1. The van der Waals surface area contributed by atoms with Crippen LogP contribution in [-0.2, 0) is 4.74 Å². The third-order valence-corrected chi connectivity index (χ3v) is 3.10. The van der Waals surface area contributed by atoms with Crippen LogP contribution in [-0.4, -0.2) is 24.8 Å². The van der Waals surface area contributed by atoms with Gasteiger partial charge in [-0.3, -0.25) is 9.59 Å². The molecule has 0 aliphatic rings. The molecule has 3 nitrogen and oxygen atoms in total. The van der Waals surface area contributed by atoms with Crippen LogP contribution in [0.5, 0.6) is 0 Å². The molecule has 0 saturated heterocycles. The first-order chi connectivity index (χ1) is 9.72. The summed E-state index contributed by atoms with van der Waals surface area (Å²) in [7, 11) is 1.45. The summed E-state index contributed by atoms with van der Waals surface area (Å²) in [5.41, 5.74) is 1.15. The van der Waals surface area contributed by atoms with E-state index in [1.165, 1.54) is 7.11 Å². The lowest BCUT2D eigenvalue weighted by molar-refractivity contribution is 0.0545. The Bertz CT molecular complexity index is 576. The standard InChI is InChI=1S/C17H16O3/c1-20-16(17(19)14-10-6-3-7-11-14)12-15(18)13-8-4-2-5-9-13/h2-11,16H,12H2,1H3. The predicted octanol–water partition coefficient (Wildman–Crippen LogP) is 3.16. The minimum atomic E-state index is -0.745. The molecule has 0 fully saturated rings. The molecule has 0 aromatic heterocycles. The van der Waals surface area contributed by atoms with Crippen LogP contribution >= 0.6 is 0 Å². The van der Waals surface area contributed by atoms with Crippen molar-refractivity contribution in [1.29, 1.82) is 0 Å². The minimum absolute atomic E-state index is 0.0498. The van der Waals surface area contributed by atoms with Crippen LogP contribution in [0.2, 0.25) is 0 Å². The van der Waals surface area contributed by atoms with Crippen LogP contribution in [0.15, 0.2) is 60.7 Å². The second-order valence-corrected chi connectivity index (χ2v) is 4.45. The van der Waals surface area contributed by atoms with Crippen molar-refractivity contribution in [1.82, 2.24) is 0 Å². The lowest BCUT2D eigenvalue weighted by atomic mass is 9.99. The highest BCUT2D eigenvalue weighted by Gasteiger charge is 2.23. The van der Waals surface area contributed by atoms with Crippen LogP contribution in [0.1, 0.15) is 27.1 Å². The van der Waals surface area contributed by atoms with Crippen LogP contribution in [0, 0.1) is 0 Å². The van der Waals surface area contributed by atoms with Gasteiger partial charge in [-0.1, -0.05) is 60.7 Å². The fourth-order valence-electron chi connectivity index (χ4n) is 1.98. The fraction of sp³-hybridized carbons (Fsp3) is 0.176. The maximum absolute atomic E-state index is 12.3. The molecule has 2 rings (SSSR count). The molecule has 0 bridgehead atoms. The van der Waals surface area contributed by atoms with Gasteiger partial charge in [-0.05, 0) is 0 Å². The first-order valence-corrected chi connectivity index (χ1v) is 6.42. The van der Waals surface area contributed by atoms with Crippen LogP contribution in [0.25, 0.3) is 0 Å². The van der Waals surface area contributed by atoms with Crippen molar-refractivity contribution in [2.45, 2.75) is 12.5 Å². The molecule has 0 amide bonds. The number of rotatable bonds is 6. The number of benzene rings is 2. The number of hydrogen-bond donors (Lipinski definition) is 0. The minimum Gasteiger partial charge on any atom is -0.373 e. The summed E-state index contributed by atoms with van der Waals surface area (Å²) in [6.45, 7) is 0. The van der Waals surface area contributed by atoms with E-state index in [-0.39, 0.29) is 18.0 Å². The molecule has 1 atom stereocenters. The summed E-state index contributed by atoms with van der Waals surface area (Å²) in [6, 6.07) is 17.8. The van der Waals surface area contributed by atoms with Gasteiger partial charge in [-0.15, -0.1) is 0 Å². The quantitative estimate of drug-likeness (QED) is 0.756. The molecule has 102 valence electrons. The van der Waals surface area contributed by atoms with E-state index < -0.39 is 6.10 Å². The molecule has 0 heterocycles. The van der Waals surface area contributed by atoms with E-state index in [0.717, 1.165) is 0 Å². The molecule has 0 radical (unpaired) electrons. The van der Waals surface area contributed by atoms with Crippen molar-refractivity contribution < 1.29 is 14.3 Å². The first kappa shape index (κ1) is 14.2. The number of ketones is 2. The molecule has 0 saturated carbocycles. The smallest absolute Gasteiger partial charge is 0.191 e. The lowest BCUT2D eigenvalue weighted by Crippen LogP contribution is -2.26. The second kappa shape index (κ2) is 6.78. The van der Waals surface area contributed by atoms with Gasteiger partial charge in [0, 0.05) is 24.7 Å². The van der Waals surface area contributed by atoms with Gasteiger partial charge in [0.25, 0.3) is 0 Å². The Balaban J connectivity index is 2.10. The molecule has 0 N–H and O–H groups in total. The third-order valence-electron chi connectivity index (χ3n) is 3.10. The highest BCUT2D eigenvalue weighted by atomic mass is 16.5. The average Bonchev–Trinajstić information content (AvgIpc) is 2.53. The van der Waals surface area contributed by atoms with Gasteiger partial charge >= 0.3 is 0 Å². The van der Waals surface area contributed by atoms with Gasteiger partial charge < -0.3 is 4.74 Å². The van der Waals surface area contributed by atoms with Crippen LogP contribution in [0.3, 0.4) is 0 Å². The Hall–Kier alpha value is -2.26. The Morgan fingerprint density at radius 3 is 1.90 bits per heavy atom. The van der Waals surface area contributed by atoms with E-state index in [2.05, 4.69) is 0 Å². The van der Waals surface area contributed by atoms with Gasteiger partial charge in [0.15, 0.2) is 11.6 Å². The predicted molar refractivity (Wildman–Crippen MR) is 77.0 cm³/mol. The number of hydrogen-bond acceptors (Lipinski definition) is 3. The third kappa shape index (κ3) is 3.39. The summed E-state index contributed by atoms with van der Waals surface area (Å²) in [4.78, 5) is 24.4. The van der Waals surface area contributed by atoms with E-state index in [1.807, 2.05) is 12.1 Å². The largest absolute Gasteiger partial charge is 0.373 e. The van der Waals surface area contributed by atoms with Crippen molar-refractivity contribution >= 4 is 11.6 Å². The van der Waals surface area contributed by atoms with Gasteiger partial charge in [0.2, 0.25) is 0 Å². The Morgan fingerprint density at radius 2 is 1.40 bits per heavy atom. The van der Waals surface area contributed by atoms with Gasteiger partial charge in [-0.25, -0.2) is 0 Å². The molecule has 1 unspecified atom stereocenters. The number of carbonyl (C=O) groups excluding carboxylic acids is 2. The normalized spacial score (nSPS) is 11.8. The number of ether oxygens (including phenoxy) is 1. The number of Topliss-reactive ketones (excluding diaryl/α,β-unsaturated/α-hetero) is 2. The average molecular weight is 268 g/mol. The van der Waals surface area contributed by atoms with E-state index >= 15 is 0 Å². The molecule has 2 aromatic rings. The van der Waals surface area contributed by atoms with Crippen LogP contribution in [0.4, 0.5) is 0 Å². The van der Waals surface area contributed by atoms with Crippen molar-refractivity contribution in [3.8, 4) is 0 Å². The molecule has 20 heavy (non-hydrogen) atoms. The lowest BCUT2D eigenvalue weighted by Gasteiger charge is -2.13. The summed E-state index contributed by atoms with van der Waals surface area (Å²) in [6.07, 6.45) is -0.695. The highest BCUT2D eigenvalue weighted by Crippen LogP contribution is 2.12. The maximum Gasteiger partial charge on any atom is 0.191 e. The van der Waals surface area contributed by atoms with E-state index in [9.17, 15) is 9.59 Å². The van der Waals surface area contributed by atoms with Gasteiger partial charge in [0.05, 0.1) is 0 Å². The zero-order valence-electron chi connectivity index (χ0n) is 11.3. The molecule has 0 aliphatic carbocycles. The van der Waals surface area contributed by atoms with E-state index in [0.29, 0.717) is 11.1 Å². The van der Waals surface area contributed by atoms with Gasteiger partial charge in [0.1, 0.15) is 6.10 Å². The van der Waals surface area contributed by atoms with Crippen molar-refractivity contribution in [3.05, 3.63) is 71.8 Å². The summed E-state index contributed by atoms with van der Waals surface area (Å²) < 4.78 is 5.19. The topological polar surface area (TPSA) is 43.4 Å². The van der Waals surface area contributed by atoms with Gasteiger partial charge in [-0.2, -0.15) is 0 Å². The SMILES string of the molecule is COC(CC(=O)c1ccccc1)C(=O)c1ccccc1. The van der Waals surface area contributed by atoms with Crippen molar-refractivity contribution in [2.75, 3.05) is 7.11 Å². The zero-order chi connectivity index (χ0) is 14.4. The molecular formula is C17H16O3. The van der Waals surface area contributed by atoms with Crippen molar-refractivity contribution in [3.63, 3.8) is 0 Å². The first-order valence-electron chi connectivity index (χ1n) is 6.42. The Kier molecular flexibility index (Phi) is 4.80. The maximum atomic E-state index is 12.3. The fourth-order valence-corrected chi connectivity index (χ4v) is 1.98. The monoisotopic (exact) mass is 268 g/mol. The molecule has 2 aromatic carbocycles. The highest BCUT2D eigenvalue weighted by molar-refractivity contribution is 6.04. The molecular weight excluding hydrogens is 252 g/mol. The molecule has 0 spiro atoms. The molecule has 3 heteroatoms. The molecule has 0 aliphatic heterocycles. The zero-order valence-corrected chi connectivity index (χ0v) is 11.3. The summed E-state index contributed by atoms with van der Waals surface area (Å²) in [5, 5.41) is 0. The van der Waals surface area contributed by atoms with E-state index in [4.69, 9.17) is 4.74 Å². The Labute approximate surface area is 118 Å². The second-order valence-electron chi connectivity index (χ2n) is 4.45. The summed E-state index contributed by atoms with van der Waals surface area (Å²) in [5.74, 6) is -0.265. The number of carbonyl (C=O) groups is 2. The van der Waals surface area contributed by atoms with Crippen molar-refractivity contribution in [2.24, 2.45) is 0 Å². The van der Waals surface area contributed by atoms with E-state index in [1.54, 1.807) is 48.5 Å². The Morgan fingerprint density at radius 1 is 0.900 bits per heavy atom.